The fourth-order valence-electron chi connectivity index (χ4n) is 5.71. The number of ether oxygens (including phenoxy) is 4. The Morgan fingerprint density at radius 1 is 0.596 bits per heavy atom. The van der Waals surface area contributed by atoms with Crippen molar-refractivity contribution in [3.63, 3.8) is 0 Å². The maximum Gasteiger partial charge on any atom is 0.336 e. The van der Waals surface area contributed by atoms with E-state index in [-0.39, 0.29) is 11.1 Å². The van der Waals surface area contributed by atoms with Crippen LogP contribution in [0.2, 0.25) is 0 Å². The maximum absolute atomic E-state index is 12.1. The highest BCUT2D eigenvalue weighted by Gasteiger charge is 2.46. The van der Waals surface area contributed by atoms with Crippen LogP contribution in [0.15, 0.2) is 121 Å². The Hall–Kier alpha value is -5.18. The SMILES string of the molecule is C=C(C)C(=O)OC(Oc1ccc(C2(c3ccc(OC(OC(=O)C(=C)C)C(C)O)cc3)c3ccccc3-c3ccccc32)cc1)C(C)O. The lowest BCUT2D eigenvalue weighted by molar-refractivity contribution is -0.174. The summed E-state index contributed by atoms with van der Waals surface area (Å²) in [6, 6.07) is 31.5. The van der Waals surface area contributed by atoms with E-state index in [4.69, 9.17) is 18.9 Å². The molecule has 4 atom stereocenters. The second kappa shape index (κ2) is 13.7. The van der Waals surface area contributed by atoms with Gasteiger partial charge < -0.3 is 29.2 Å². The molecule has 0 radical (unpaired) electrons. The molecule has 2 N–H and O–H groups in total. The highest BCUT2D eigenvalue weighted by atomic mass is 16.7. The van der Waals surface area contributed by atoms with Crippen molar-refractivity contribution in [1.82, 2.24) is 0 Å². The molecule has 8 heteroatoms. The number of carbonyl (C=O) groups excluding carboxylic acids is 2. The first kappa shape index (κ1) is 33.2. The van der Waals surface area contributed by atoms with Gasteiger partial charge in [-0.3, -0.25) is 0 Å². The first-order chi connectivity index (χ1) is 22.4. The molecular weight excluding hydrogens is 596 g/mol. The second-order valence-electron chi connectivity index (χ2n) is 11.7. The van der Waals surface area contributed by atoms with E-state index in [0.717, 1.165) is 33.4 Å². The quantitative estimate of drug-likeness (QED) is 0.0914. The van der Waals surface area contributed by atoms with Gasteiger partial charge in [0.15, 0.2) is 0 Å². The monoisotopic (exact) mass is 634 g/mol. The van der Waals surface area contributed by atoms with E-state index >= 15 is 0 Å². The van der Waals surface area contributed by atoms with Crippen LogP contribution >= 0.6 is 0 Å². The third kappa shape index (κ3) is 6.56. The molecule has 0 heterocycles. The van der Waals surface area contributed by atoms with Crippen molar-refractivity contribution in [2.75, 3.05) is 0 Å². The standard InChI is InChI=1S/C39H38O8/c1-23(2)35(42)46-37(25(5)40)44-29-19-15-27(16-20-29)39(33-13-9-7-11-31(33)32-12-8-10-14-34(32)39)28-17-21-30(22-18-28)45-38(26(6)41)47-36(43)24(3)4/h7-22,25-26,37-38,40-41H,1,3H2,2,4-6H3. The molecule has 8 nitrogen and oxygen atoms in total. The second-order valence-corrected chi connectivity index (χ2v) is 11.7. The van der Waals surface area contributed by atoms with Gasteiger partial charge in [0.25, 0.3) is 12.6 Å². The van der Waals surface area contributed by atoms with Crippen LogP contribution in [0.4, 0.5) is 0 Å². The number of aliphatic hydroxyl groups excluding tert-OH is 2. The fraction of sp³-hybridized carbons (Fsp3) is 0.231. The lowest BCUT2D eigenvalue weighted by Crippen LogP contribution is -2.34. The van der Waals surface area contributed by atoms with E-state index in [1.807, 2.05) is 48.5 Å². The van der Waals surface area contributed by atoms with E-state index in [0.29, 0.717) is 11.5 Å². The molecule has 4 aromatic carbocycles. The fourth-order valence-corrected chi connectivity index (χ4v) is 5.71. The van der Waals surface area contributed by atoms with Crippen molar-refractivity contribution < 1.29 is 38.7 Å². The molecule has 0 aliphatic heterocycles. The largest absolute Gasteiger partial charge is 0.452 e. The van der Waals surface area contributed by atoms with Gasteiger partial charge in [-0.15, -0.1) is 0 Å². The minimum absolute atomic E-state index is 0.195. The number of benzene rings is 4. The average molecular weight is 635 g/mol. The van der Waals surface area contributed by atoms with Crippen molar-refractivity contribution in [3.8, 4) is 22.6 Å². The lowest BCUT2D eigenvalue weighted by atomic mass is 9.68. The minimum atomic E-state index is -1.22. The first-order valence-electron chi connectivity index (χ1n) is 15.3. The van der Waals surface area contributed by atoms with Gasteiger partial charge in [-0.05, 0) is 85.3 Å². The molecule has 0 saturated carbocycles. The summed E-state index contributed by atoms with van der Waals surface area (Å²) in [5, 5.41) is 20.5. The Balaban J connectivity index is 1.56. The Labute approximate surface area is 274 Å². The normalized spacial score (nSPS) is 15.2. The average Bonchev–Trinajstić information content (AvgIpc) is 3.35. The Kier molecular flexibility index (Phi) is 9.65. The van der Waals surface area contributed by atoms with Crippen LogP contribution in [0, 0.1) is 0 Å². The zero-order chi connectivity index (χ0) is 33.9. The molecule has 242 valence electrons. The van der Waals surface area contributed by atoms with E-state index in [9.17, 15) is 19.8 Å². The van der Waals surface area contributed by atoms with Crippen LogP contribution in [0.1, 0.15) is 49.9 Å². The summed E-state index contributed by atoms with van der Waals surface area (Å²) in [7, 11) is 0. The van der Waals surface area contributed by atoms with Crippen LogP contribution in [-0.2, 0) is 24.5 Å². The third-order valence-corrected chi connectivity index (χ3v) is 7.96. The van der Waals surface area contributed by atoms with Crippen LogP contribution in [0.5, 0.6) is 11.5 Å². The van der Waals surface area contributed by atoms with Crippen molar-refractivity contribution >= 4 is 11.9 Å². The smallest absolute Gasteiger partial charge is 0.336 e. The summed E-state index contributed by atoms with van der Waals surface area (Å²) in [5.74, 6) is -0.513. The highest BCUT2D eigenvalue weighted by Crippen LogP contribution is 2.56. The summed E-state index contributed by atoms with van der Waals surface area (Å²) in [4.78, 5) is 24.3. The predicted octanol–water partition coefficient (Wildman–Crippen LogP) is 6.46. The van der Waals surface area contributed by atoms with Gasteiger partial charge >= 0.3 is 11.9 Å². The van der Waals surface area contributed by atoms with Gasteiger partial charge in [-0.1, -0.05) is 86.0 Å². The Bertz CT molecular complexity index is 1650. The summed E-state index contributed by atoms with van der Waals surface area (Å²) in [5.41, 5.74) is 5.91. The molecule has 4 aromatic rings. The third-order valence-electron chi connectivity index (χ3n) is 7.96. The number of carbonyl (C=O) groups is 2. The summed E-state index contributed by atoms with van der Waals surface area (Å²) < 4.78 is 22.4. The topological polar surface area (TPSA) is 112 Å². The van der Waals surface area contributed by atoms with E-state index < -0.39 is 42.1 Å². The van der Waals surface area contributed by atoms with E-state index in [2.05, 4.69) is 37.4 Å². The number of hydrogen-bond donors (Lipinski definition) is 2. The van der Waals surface area contributed by atoms with Gasteiger partial charge in [0.1, 0.15) is 23.7 Å². The van der Waals surface area contributed by atoms with Gasteiger partial charge in [0, 0.05) is 11.1 Å². The predicted molar refractivity (Wildman–Crippen MR) is 178 cm³/mol. The number of hydrogen-bond acceptors (Lipinski definition) is 8. The number of fused-ring (bicyclic) bond motifs is 3. The summed E-state index contributed by atoms with van der Waals surface area (Å²) in [6.45, 7) is 13.2. The lowest BCUT2D eigenvalue weighted by Gasteiger charge is -2.34. The molecule has 47 heavy (non-hydrogen) atoms. The first-order valence-corrected chi connectivity index (χ1v) is 15.3. The number of rotatable bonds is 12. The van der Waals surface area contributed by atoms with Crippen molar-refractivity contribution in [2.45, 2.75) is 57.9 Å². The summed E-state index contributed by atoms with van der Waals surface area (Å²) in [6.07, 6.45) is -4.62. The molecule has 0 spiro atoms. The minimum Gasteiger partial charge on any atom is -0.452 e. The van der Waals surface area contributed by atoms with Gasteiger partial charge in [0.2, 0.25) is 0 Å². The summed E-state index contributed by atoms with van der Waals surface area (Å²) >= 11 is 0. The molecule has 0 bridgehead atoms. The molecule has 0 saturated heterocycles. The Morgan fingerprint density at radius 3 is 1.26 bits per heavy atom. The zero-order valence-electron chi connectivity index (χ0n) is 26.8. The zero-order valence-corrected chi connectivity index (χ0v) is 26.8. The van der Waals surface area contributed by atoms with Gasteiger partial charge in [-0.2, -0.15) is 0 Å². The van der Waals surface area contributed by atoms with Crippen molar-refractivity contribution in [1.29, 1.82) is 0 Å². The number of aliphatic hydroxyl groups is 2. The van der Waals surface area contributed by atoms with Crippen LogP contribution < -0.4 is 9.47 Å². The number of esters is 2. The van der Waals surface area contributed by atoms with Crippen molar-refractivity contribution in [3.05, 3.63) is 144 Å². The molecule has 1 aliphatic rings. The maximum atomic E-state index is 12.1. The van der Waals surface area contributed by atoms with Crippen LogP contribution in [0.25, 0.3) is 11.1 Å². The van der Waals surface area contributed by atoms with Crippen molar-refractivity contribution in [2.24, 2.45) is 0 Å². The Morgan fingerprint density at radius 2 is 0.936 bits per heavy atom. The van der Waals surface area contributed by atoms with Gasteiger partial charge in [0.05, 0.1) is 5.41 Å². The molecule has 5 rings (SSSR count). The van der Waals surface area contributed by atoms with Gasteiger partial charge in [-0.25, -0.2) is 9.59 Å². The van der Waals surface area contributed by atoms with Crippen LogP contribution in [0.3, 0.4) is 0 Å². The molecule has 0 fully saturated rings. The van der Waals surface area contributed by atoms with E-state index in [1.54, 1.807) is 24.3 Å². The molecule has 4 unspecified atom stereocenters. The molecule has 0 aromatic heterocycles. The van der Waals surface area contributed by atoms with E-state index in [1.165, 1.54) is 27.7 Å². The van der Waals surface area contributed by atoms with Crippen LogP contribution in [-0.4, -0.2) is 46.9 Å². The molecular formula is C39H38O8. The molecule has 0 amide bonds. The highest BCUT2D eigenvalue weighted by molar-refractivity contribution is 5.88. The molecule has 1 aliphatic carbocycles.